The summed E-state index contributed by atoms with van der Waals surface area (Å²) in [7, 11) is 0. The van der Waals surface area contributed by atoms with Crippen molar-refractivity contribution in [1.82, 2.24) is 4.90 Å². The third-order valence-electron chi connectivity index (χ3n) is 2.88. The number of likely N-dealkylation sites (tertiary alicyclic amines) is 1. The average molecular weight is 333 g/mol. The summed E-state index contributed by atoms with van der Waals surface area (Å²) < 4.78 is 0.885. The predicted molar refractivity (Wildman–Crippen MR) is 76.8 cm³/mol. The molecule has 1 aliphatic heterocycles. The summed E-state index contributed by atoms with van der Waals surface area (Å²) in [5.41, 5.74) is 6.43. The van der Waals surface area contributed by atoms with Gasteiger partial charge in [-0.3, -0.25) is 9.69 Å². The Morgan fingerprint density at radius 1 is 1.61 bits per heavy atom. The summed E-state index contributed by atoms with van der Waals surface area (Å²) in [5, 5.41) is 3.33. The van der Waals surface area contributed by atoms with Gasteiger partial charge in [0.1, 0.15) is 0 Å². The molecule has 0 radical (unpaired) electrons. The first kappa shape index (κ1) is 13.8. The lowest BCUT2D eigenvalue weighted by Crippen LogP contribution is -2.33. The Bertz CT molecular complexity index is 455. The number of carbonyl (C=O) groups is 1. The Kier molecular flexibility index (Phi) is 4.61. The van der Waals surface area contributed by atoms with Crippen molar-refractivity contribution in [2.24, 2.45) is 5.73 Å². The van der Waals surface area contributed by atoms with Crippen molar-refractivity contribution in [3.05, 3.63) is 27.7 Å². The molecule has 0 aromatic heterocycles. The number of rotatable bonds is 3. The van der Waals surface area contributed by atoms with Gasteiger partial charge in [0.15, 0.2) is 0 Å². The molecule has 1 amide bonds. The second-order valence-electron chi connectivity index (χ2n) is 4.46. The average Bonchev–Trinajstić information content (AvgIpc) is 2.68. The molecule has 4 nitrogen and oxygen atoms in total. The summed E-state index contributed by atoms with van der Waals surface area (Å²) in [4.78, 5) is 13.9. The fourth-order valence-corrected chi connectivity index (χ4v) is 2.71. The molecule has 1 aromatic carbocycles. The zero-order chi connectivity index (χ0) is 13.1. The topological polar surface area (TPSA) is 58.4 Å². The van der Waals surface area contributed by atoms with Crippen molar-refractivity contribution >= 4 is 39.1 Å². The van der Waals surface area contributed by atoms with E-state index >= 15 is 0 Å². The monoisotopic (exact) mass is 331 g/mol. The Labute approximate surface area is 120 Å². The van der Waals surface area contributed by atoms with Gasteiger partial charge in [0.25, 0.3) is 0 Å². The quantitative estimate of drug-likeness (QED) is 0.891. The van der Waals surface area contributed by atoms with E-state index in [1.165, 1.54) is 0 Å². The fourth-order valence-electron chi connectivity index (χ4n) is 1.99. The summed E-state index contributed by atoms with van der Waals surface area (Å²) in [6.45, 7) is 2.02. The maximum absolute atomic E-state index is 11.8. The van der Waals surface area contributed by atoms with Crippen molar-refractivity contribution < 1.29 is 4.79 Å². The van der Waals surface area contributed by atoms with E-state index in [4.69, 9.17) is 17.3 Å². The second-order valence-corrected chi connectivity index (χ2v) is 5.78. The van der Waals surface area contributed by atoms with Gasteiger partial charge < -0.3 is 11.1 Å². The van der Waals surface area contributed by atoms with Crippen molar-refractivity contribution in [2.75, 3.05) is 25.0 Å². The zero-order valence-corrected chi connectivity index (χ0v) is 12.2. The lowest BCUT2D eigenvalue weighted by atomic mass is 10.3. The number of hydrogen-bond donors (Lipinski definition) is 2. The SMILES string of the molecule is NC1CCN(CC(=O)Nc2ccc(Br)cc2Cl)C1. The van der Waals surface area contributed by atoms with Crippen LogP contribution in [0.1, 0.15) is 6.42 Å². The maximum atomic E-state index is 11.8. The van der Waals surface area contributed by atoms with Crippen LogP contribution in [-0.4, -0.2) is 36.5 Å². The molecule has 1 heterocycles. The van der Waals surface area contributed by atoms with Gasteiger partial charge in [-0.15, -0.1) is 0 Å². The first-order valence-corrected chi connectivity index (χ1v) is 6.94. The van der Waals surface area contributed by atoms with Crippen molar-refractivity contribution in [3.8, 4) is 0 Å². The van der Waals surface area contributed by atoms with E-state index in [2.05, 4.69) is 21.2 Å². The van der Waals surface area contributed by atoms with Crippen LogP contribution in [0.25, 0.3) is 0 Å². The van der Waals surface area contributed by atoms with Gasteiger partial charge in [0.05, 0.1) is 17.3 Å². The van der Waals surface area contributed by atoms with Crippen LogP contribution >= 0.6 is 27.5 Å². The predicted octanol–water partition coefficient (Wildman–Crippen LogP) is 2.07. The molecule has 2 rings (SSSR count). The highest BCUT2D eigenvalue weighted by Gasteiger charge is 2.21. The van der Waals surface area contributed by atoms with Crippen LogP contribution in [-0.2, 0) is 4.79 Å². The summed E-state index contributed by atoms with van der Waals surface area (Å²) in [6.07, 6.45) is 0.951. The van der Waals surface area contributed by atoms with Gasteiger partial charge in [-0.2, -0.15) is 0 Å². The number of nitrogens with zero attached hydrogens (tertiary/aromatic N) is 1. The number of hydrogen-bond acceptors (Lipinski definition) is 3. The molecule has 1 fully saturated rings. The second kappa shape index (κ2) is 6.02. The molecule has 6 heteroatoms. The Morgan fingerprint density at radius 3 is 3.00 bits per heavy atom. The van der Waals surface area contributed by atoms with E-state index in [0.717, 1.165) is 24.0 Å². The molecule has 1 aliphatic rings. The van der Waals surface area contributed by atoms with Crippen LogP contribution in [0.5, 0.6) is 0 Å². The van der Waals surface area contributed by atoms with Crippen LogP contribution in [0.3, 0.4) is 0 Å². The van der Waals surface area contributed by atoms with Gasteiger partial charge in [-0.05, 0) is 24.6 Å². The van der Waals surface area contributed by atoms with Crippen LogP contribution in [0.4, 0.5) is 5.69 Å². The van der Waals surface area contributed by atoms with E-state index in [0.29, 0.717) is 17.3 Å². The number of halogens is 2. The maximum Gasteiger partial charge on any atom is 0.238 e. The molecule has 3 N–H and O–H groups in total. The molecular weight excluding hydrogens is 318 g/mol. The largest absolute Gasteiger partial charge is 0.326 e. The van der Waals surface area contributed by atoms with E-state index < -0.39 is 0 Å². The highest BCUT2D eigenvalue weighted by molar-refractivity contribution is 9.10. The van der Waals surface area contributed by atoms with Crippen LogP contribution in [0.2, 0.25) is 5.02 Å². The highest BCUT2D eigenvalue weighted by Crippen LogP contribution is 2.25. The fraction of sp³-hybridized carbons (Fsp3) is 0.417. The van der Waals surface area contributed by atoms with Crippen molar-refractivity contribution in [3.63, 3.8) is 0 Å². The first-order valence-electron chi connectivity index (χ1n) is 5.77. The minimum absolute atomic E-state index is 0.0617. The zero-order valence-electron chi connectivity index (χ0n) is 9.83. The van der Waals surface area contributed by atoms with E-state index in [1.807, 2.05) is 11.0 Å². The van der Waals surface area contributed by atoms with Gasteiger partial charge in [0, 0.05) is 23.6 Å². The normalized spacial score (nSPS) is 20.1. The molecule has 18 heavy (non-hydrogen) atoms. The van der Waals surface area contributed by atoms with Crippen LogP contribution in [0.15, 0.2) is 22.7 Å². The molecule has 0 saturated carbocycles. The lowest BCUT2D eigenvalue weighted by Gasteiger charge is -2.15. The number of anilines is 1. The molecular formula is C12H15BrClN3O. The lowest BCUT2D eigenvalue weighted by molar-refractivity contribution is -0.117. The third-order valence-corrected chi connectivity index (χ3v) is 3.69. The number of nitrogens with two attached hydrogens (primary N) is 1. The molecule has 1 atom stereocenters. The molecule has 1 aromatic rings. The summed E-state index contributed by atoms with van der Waals surface area (Å²) in [5.74, 6) is -0.0617. The van der Waals surface area contributed by atoms with Crippen LogP contribution in [0, 0.1) is 0 Å². The van der Waals surface area contributed by atoms with E-state index in [9.17, 15) is 4.79 Å². The van der Waals surface area contributed by atoms with Gasteiger partial charge in [0.2, 0.25) is 5.91 Å². The van der Waals surface area contributed by atoms with E-state index in [-0.39, 0.29) is 11.9 Å². The third kappa shape index (κ3) is 3.68. The number of nitrogens with one attached hydrogen (secondary N) is 1. The Balaban J connectivity index is 1.91. The number of amides is 1. The molecule has 0 bridgehead atoms. The van der Waals surface area contributed by atoms with Gasteiger partial charge in [-0.25, -0.2) is 0 Å². The number of benzene rings is 1. The molecule has 1 saturated heterocycles. The first-order chi connectivity index (χ1) is 8.54. The molecule has 1 unspecified atom stereocenters. The van der Waals surface area contributed by atoms with Crippen LogP contribution < -0.4 is 11.1 Å². The van der Waals surface area contributed by atoms with Gasteiger partial charge in [-0.1, -0.05) is 27.5 Å². The molecule has 98 valence electrons. The highest BCUT2D eigenvalue weighted by atomic mass is 79.9. The Morgan fingerprint density at radius 2 is 2.39 bits per heavy atom. The summed E-state index contributed by atoms with van der Waals surface area (Å²) >= 11 is 9.36. The van der Waals surface area contributed by atoms with Crippen molar-refractivity contribution in [2.45, 2.75) is 12.5 Å². The number of carbonyl (C=O) groups excluding carboxylic acids is 1. The van der Waals surface area contributed by atoms with Gasteiger partial charge >= 0.3 is 0 Å². The Hall–Kier alpha value is -0.620. The van der Waals surface area contributed by atoms with E-state index in [1.54, 1.807) is 12.1 Å². The van der Waals surface area contributed by atoms with Crippen molar-refractivity contribution in [1.29, 1.82) is 0 Å². The molecule has 0 aliphatic carbocycles. The summed E-state index contributed by atoms with van der Waals surface area (Å²) in [6, 6.07) is 5.56. The smallest absolute Gasteiger partial charge is 0.238 e. The minimum Gasteiger partial charge on any atom is -0.326 e. The standard InChI is InChI=1S/C12H15BrClN3O/c13-8-1-2-11(10(14)5-8)16-12(18)7-17-4-3-9(15)6-17/h1-2,5,9H,3-4,6-7,15H2,(H,16,18). The molecule has 0 spiro atoms. The minimum atomic E-state index is -0.0617.